The molecule has 27 heavy (non-hydrogen) atoms. The van der Waals surface area contributed by atoms with Gasteiger partial charge in [-0.2, -0.15) is 0 Å². The standard InChI is InChI=1S/C20H21ClN2O4/c1-13(24)22-18(15-7-9-17(21)10-8-15)11-19(25)23(2)12-14-3-5-16(6-4-14)20(26)27/h3-10,18H,11-12H2,1-2H3,(H,22,24)(H,26,27). The van der Waals surface area contributed by atoms with Gasteiger partial charge in [-0.3, -0.25) is 9.59 Å². The lowest BCUT2D eigenvalue weighted by Gasteiger charge is -2.23. The van der Waals surface area contributed by atoms with Crippen molar-refractivity contribution in [1.29, 1.82) is 0 Å². The van der Waals surface area contributed by atoms with E-state index in [9.17, 15) is 14.4 Å². The topological polar surface area (TPSA) is 86.7 Å². The molecule has 0 saturated heterocycles. The summed E-state index contributed by atoms with van der Waals surface area (Å²) in [6.07, 6.45) is 0.102. The van der Waals surface area contributed by atoms with E-state index in [0.29, 0.717) is 11.6 Å². The fourth-order valence-electron chi connectivity index (χ4n) is 2.64. The first-order valence-corrected chi connectivity index (χ1v) is 8.73. The molecule has 1 atom stereocenters. The van der Waals surface area contributed by atoms with Crippen LogP contribution in [0, 0.1) is 0 Å². The Bertz CT molecular complexity index is 819. The number of carboxylic acids is 1. The smallest absolute Gasteiger partial charge is 0.335 e. The molecule has 0 heterocycles. The number of halogens is 1. The summed E-state index contributed by atoms with van der Waals surface area (Å²) in [5, 5.41) is 12.3. The lowest BCUT2D eigenvalue weighted by atomic mass is 10.0. The number of amides is 2. The molecule has 0 fully saturated rings. The molecule has 6 nitrogen and oxygen atoms in total. The number of nitrogens with zero attached hydrogens (tertiary/aromatic N) is 1. The highest BCUT2D eigenvalue weighted by Crippen LogP contribution is 2.21. The van der Waals surface area contributed by atoms with E-state index in [2.05, 4.69) is 5.32 Å². The van der Waals surface area contributed by atoms with E-state index in [-0.39, 0.29) is 23.8 Å². The summed E-state index contributed by atoms with van der Waals surface area (Å²) in [5.74, 6) is -1.37. The average molecular weight is 389 g/mol. The highest BCUT2D eigenvalue weighted by Gasteiger charge is 2.20. The van der Waals surface area contributed by atoms with Crippen molar-refractivity contribution in [3.05, 3.63) is 70.2 Å². The van der Waals surface area contributed by atoms with Gasteiger partial charge in [0.2, 0.25) is 11.8 Å². The Hall–Kier alpha value is -2.86. The van der Waals surface area contributed by atoms with E-state index in [1.807, 2.05) is 0 Å². The Morgan fingerprint density at radius 3 is 2.19 bits per heavy atom. The predicted octanol–water partition coefficient (Wildman–Crippen LogP) is 3.26. The van der Waals surface area contributed by atoms with Crippen molar-refractivity contribution in [1.82, 2.24) is 10.2 Å². The van der Waals surface area contributed by atoms with E-state index in [1.54, 1.807) is 48.3 Å². The van der Waals surface area contributed by atoms with E-state index < -0.39 is 12.0 Å². The van der Waals surface area contributed by atoms with Gasteiger partial charge < -0.3 is 15.3 Å². The number of carbonyl (C=O) groups is 3. The maximum Gasteiger partial charge on any atom is 0.335 e. The normalized spacial score (nSPS) is 11.5. The molecular formula is C20H21ClN2O4. The van der Waals surface area contributed by atoms with Crippen molar-refractivity contribution >= 4 is 29.4 Å². The third-order valence-electron chi connectivity index (χ3n) is 4.07. The summed E-state index contributed by atoms with van der Waals surface area (Å²) >= 11 is 5.90. The molecule has 2 rings (SSSR count). The molecule has 0 spiro atoms. The van der Waals surface area contributed by atoms with Crippen LogP contribution in [0.4, 0.5) is 0 Å². The lowest BCUT2D eigenvalue weighted by Crippen LogP contribution is -2.33. The van der Waals surface area contributed by atoms with Crippen LogP contribution in [-0.2, 0) is 16.1 Å². The molecule has 0 aromatic heterocycles. The Balaban J connectivity index is 2.05. The number of carboxylic acid groups (broad SMARTS) is 1. The van der Waals surface area contributed by atoms with Gasteiger partial charge in [0.1, 0.15) is 0 Å². The Morgan fingerprint density at radius 2 is 1.67 bits per heavy atom. The van der Waals surface area contributed by atoms with Gasteiger partial charge in [0.25, 0.3) is 0 Å². The van der Waals surface area contributed by atoms with Crippen LogP contribution in [0.25, 0.3) is 0 Å². The number of benzene rings is 2. The molecule has 2 amide bonds. The summed E-state index contributed by atoms with van der Waals surface area (Å²) < 4.78 is 0. The SMILES string of the molecule is CC(=O)NC(CC(=O)N(C)Cc1ccc(C(=O)O)cc1)c1ccc(Cl)cc1. The van der Waals surface area contributed by atoms with E-state index in [4.69, 9.17) is 16.7 Å². The summed E-state index contributed by atoms with van der Waals surface area (Å²) in [6.45, 7) is 1.74. The third-order valence-corrected chi connectivity index (χ3v) is 4.33. The van der Waals surface area contributed by atoms with E-state index >= 15 is 0 Å². The van der Waals surface area contributed by atoms with Crippen LogP contribution < -0.4 is 5.32 Å². The number of hydrogen-bond acceptors (Lipinski definition) is 3. The molecule has 2 aromatic carbocycles. The van der Waals surface area contributed by atoms with Crippen LogP contribution in [-0.4, -0.2) is 34.8 Å². The van der Waals surface area contributed by atoms with Crippen LogP contribution in [0.15, 0.2) is 48.5 Å². The molecule has 0 saturated carbocycles. The molecule has 2 N–H and O–H groups in total. The Morgan fingerprint density at radius 1 is 1.07 bits per heavy atom. The summed E-state index contributed by atoms with van der Waals surface area (Å²) in [6, 6.07) is 12.9. The van der Waals surface area contributed by atoms with Crippen LogP contribution in [0.1, 0.15) is 40.9 Å². The van der Waals surface area contributed by atoms with Gasteiger partial charge in [0, 0.05) is 25.5 Å². The fraction of sp³-hybridized carbons (Fsp3) is 0.250. The zero-order chi connectivity index (χ0) is 20.0. The van der Waals surface area contributed by atoms with Crippen LogP contribution in [0.5, 0.6) is 0 Å². The maximum atomic E-state index is 12.6. The molecule has 0 bridgehead atoms. The first kappa shape index (κ1) is 20.5. The largest absolute Gasteiger partial charge is 0.478 e. The van der Waals surface area contributed by atoms with Crippen molar-refractivity contribution < 1.29 is 19.5 Å². The second-order valence-electron chi connectivity index (χ2n) is 6.26. The molecule has 2 aromatic rings. The number of aromatic carboxylic acids is 1. The monoisotopic (exact) mass is 388 g/mol. The number of hydrogen-bond donors (Lipinski definition) is 2. The highest BCUT2D eigenvalue weighted by atomic mass is 35.5. The van der Waals surface area contributed by atoms with Crippen molar-refractivity contribution in [3.63, 3.8) is 0 Å². The first-order chi connectivity index (χ1) is 12.8. The molecule has 0 aliphatic carbocycles. The second-order valence-corrected chi connectivity index (χ2v) is 6.70. The fourth-order valence-corrected chi connectivity index (χ4v) is 2.76. The third kappa shape index (κ3) is 6.11. The quantitative estimate of drug-likeness (QED) is 0.762. The van der Waals surface area contributed by atoms with E-state index in [1.165, 1.54) is 19.1 Å². The molecule has 7 heteroatoms. The number of nitrogens with one attached hydrogen (secondary N) is 1. The highest BCUT2D eigenvalue weighted by molar-refractivity contribution is 6.30. The maximum absolute atomic E-state index is 12.6. The molecular weight excluding hydrogens is 368 g/mol. The molecule has 142 valence electrons. The van der Waals surface area contributed by atoms with Crippen molar-refractivity contribution in [2.45, 2.75) is 25.9 Å². The van der Waals surface area contributed by atoms with Crippen LogP contribution >= 0.6 is 11.6 Å². The Kier molecular flexibility index (Phi) is 6.96. The summed E-state index contributed by atoms with van der Waals surface area (Å²) in [7, 11) is 1.67. The minimum absolute atomic E-state index is 0.102. The van der Waals surface area contributed by atoms with Gasteiger partial charge in [0.05, 0.1) is 18.0 Å². The zero-order valence-corrected chi connectivity index (χ0v) is 15.9. The summed E-state index contributed by atoms with van der Waals surface area (Å²) in [5.41, 5.74) is 1.81. The first-order valence-electron chi connectivity index (χ1n) is 8.35. The van der Waals surface area contributed by atoms with Crippen molar-refractivity contribution in [2.24, 2.45) is 0 Å². The van der Waals surface area contributed by atoms with Crippen LogP contribution in [0.3, 0.4) is 0 Å². The molecule has 0 aliphatic heterocycles. The van der Waals surface area contributed by atoms with Gasteiger partial charge >= 0.3 is 5.97 Å². The van der Waals surface area contributed by atoms with E-state index in [0.717, 1.165) is 11.1 Å². The number of carbonyl (C=O) groups excluding carboxylic acids is 2. The average Bonchev–Trinajstić information content (AvgIpc) is 2.61. The molecule has 1 unspecified atom stereocenters. The van der Waals surface area contributed by atoms with Gasteiger partial charge in [-0.05, 0) is 35.4 Å². The zero-order valence-electron chi connectivity index (χ0n) is 15.1. The number of rotatable bonds is 7. The van der Waals surface area contributed by atoms with Gasteiger partial charge in [-0.15, -0.1) is 0 Å². The minimum Gasteiger partial charge on any atom is -0.478 e. The van der Waals surface area contributed by atoms with Crippen molar-refractivity contribution in [3.8, 4) is 0 Å². The van der Waals surface area contributed by atoms with Crippen LogP contribution in [0.2, 0.25) is 5.02 Å². The second kappa shape index (κ2) is 9.19. The molecule has 0 aliphatic rings. The van der Waals surface area contributed by atoms with Crippen molar-refractivity contribution in [2.75, 3.05) is 7.05 Å². The minimum atomic E-state index is -0.993. The van der Waals surface area contributed by atoms with Gasteiger partial charge in [-0.25, -0.2) is 4.79 Å². The predicted molar refractivity (Wildman–Crippen MR) is 103 cm³/mol. The molecule has 0 radical (unpaired) electrons. The van der Waals surface area contributed by atoms with Gasteiger partial charge in [0.15, 0.2) is 0 Å². The van der Waals surface area contributed by atoms with Gasteiger partial charge in [-0.1, -0.05) is 35.9 Å². The summed E-state index contributed by atoms with van der Waals surface area (Å²) in [4.78, 5) is 36.6. The lowest BCUT2D eigenvalue weighted by molar-refractivity contribution is -0.131. The Labute approximate surface area is 162 Å².